The smallest absolute Gasteiger partial charge is 0.148 e. The fraction of sp³-hybridized carbons (Fsp3) is 0.429. The summed E-state index contributed by atoms with van der Waals surface area (Å²) in [6, 6.07) is 8.18. The standard InChI is InChI=1S/C14H19NO2/c1-4-9-17-14-8-6-5-7-13(14)10-15-12(2)11-16-3/h1,5-8,12,15H,9-11H2,2-3H3. The molecular weight excluding hydrogens is 214 g/mol. The van der Waals surface area contributed by atoms with Crippen LogP contribution in [-0.2, 0) is 11.3 Å². The minimum Gasteiger partial charge on any atom is -0.481 e. The molecule has 3 nitrogen and oxygen atoms in total. The molecule has 0 heterocycles. The third-order valence-corrected chi connectivity index (χ3v) is 2.34. The van der Waals surface area contributed by atoms with Gasteiger partial charge in [0, 0.05) is 25.3 Å². The Bertz CT molecular complexity index is 371. The first-order valence-corrected chi connectivity index (χ1v) is 5.64. The second-order valence-corrected chi connectivity index (χ2v) is 3.84. The summed E-state index contributed by atoms with van der Waals surface area (Å²) in [5.74, 6) is 3.30. The van der Waals surface area contributed by atoms with E-state index < -0.39 is 0 Å². The maximum Gasteiger partial charge on any atom is 0.148 e. The van der Waals surface area contributed by atoms with Gasteiger partial charge in [0.2, 0.25) is 0 Å². The minimum absolute atomic E-state index is 0.296. The van der Waals surface area contributed by atoms with E-state index in [-0.39, 0.29) is 0 Å². The maximum absolute atomic E-state index is 5.47. The largest absolute Gasteiger partial charge is 0.481 e. The van der Waals surface area contributed by atoms with Gasteiger partial charge >= 0.3 is 0 Å². The third-order valence-electron chi connectivity index (χ3n) is 2.34. The van der Waals surface area contributed by atoms with Crippen LogP contribution >= 0.6 is 0 Å². The summed E-state index contributed by atoms with van der Waals surface area (Å²) in [6.07, 6.45) is 5.18. The van der Waals surface area contributed by atoms with Crippen molar-refractivity contribution in [2.45, 2.75) is 19.5 Å². The summed E-state index contributed by atoms with van der Waals surface area (Å²) in [5, 5.41) is 3.36. The van der Waals surface area contributed by atoms with Gasteiger partial charge in [0.25, 0.3) is 0 Å². The van der Waals surface area contributed by atoms with Crippen molar-refractivity contribution in [1.82, 2.24) is 5.32 Å². The lowest BCUT2D eigenvalue weighted by molar-refractivity contribution is 0.171. The number of methoxy groups -OCH3 is 1. The Labute approximate surface area is 103 Å². The van der Waals surface area contributed by atoms with Gasteiger partial charge in [-0.15, -0.1) is 6.42 Å². The van der Waals surface area contributed by atoms with Gasteiger partial charge in [-0.1, -0.05) is 24.1 Å². The molecule has 0 fully saturated rings. The lowest BCUT2D eigenvalue weighted by Gasteiger charge is -2.14. The molecule has 0 aromatic heterocycles. The Hall–Kier alpha value is -1.50. The minimum atomic E-state index is 0.296. The molecule has 0 radical (unpaired) electrons. The number of rotatable bonds is 7. The Morgan fingerprint density at radius 1 is 1.41 bits per heavy atom. The summed E-state index contributed by atoms with van der Waals surface area (Å²) in [7, 11) is 1.70. The number of ether oxygens (including phenoxy) is 2. The van der Waals surface area contributed by atoms with Gasteiger partial charge in [-0.2, -0.15) is 0 Å². The van der Waals surface area contributed by atoms with Gasteiger partial charge in [-0.25, -0.2) is 0 Å². The molecule has 0 aliphatic heterocycles. The predicted octanol–water partition coefficient (Wildman–Crippen LogP) is 1.82. The fourth-order valence-electron chi connectivity index (χ4n) is 1.50. The van der Waals surface area contributed by atoms with Gasteiger partial charge in [-0.05, 0) is 13.0 Å². The average molecular weight is 233 g/mol. The van der Waals surface area contributed by atoms with Crippen LogP contribution in [0.3, 0.4) is 0 Å². The molecule has 1 aromatic carbocycles. The molecule has 1 N–H and O–H groups in total. The first-order chi connectivity index (χ1) is 8.27. The summed E-state index contributed by atoms with van der Waals surface area (Å²) >= 11 is 0. The van der Waals surface area contributed by atoms with Crippen molar-refractivity contribution < 1.29 is 9.47 Å². The zero-order valence-electron chi connectivity index (χ0n) is 10.4. The van der Waals surface area contributed by atoms with Gasteiger partial charge in [0.05, 0.1) is 6.61 Å². The summed E-state index contributed by atoms with van der Waals surface area (Å²) in [6.45, 7) is 3.80. The number of hydrogen-bond donors (Lipinski definition) is 1. The Kier molecular flexibility index (Phi) is 6.16. The number of hydrogen-bond acceptors (Lipinski definition) is 3. The second-order valence-electron chi connectivity index (χ2n) is 3.84. The lowest BCUT2D eigenvalue weighted by Crippen LogP contribution is -2.29. The van der Waals surface area contributed by atoms with E-state index in [1.165, 1.54) is 0 Å². The second kappa shape index (κ2) is 7.72. The SMILES string of the molecule is C#CCOc1ccccc1CNC(C)COC. The summed E-state index contributed by atoms with van der Waals surface area (Å²) < 4.78 is 10.5. The highest BCUT2D eigenvalue weighted by atomic mass is 16.5. The van der Waals surface area contributed by atoms with E-state index in [0.29, 0.717) is 19.3 Å². The monoisotopic (exact) mass is 233 g/mol. The van der Waals surface area contributed by atoms with Crippen molar-refractivity contribution in [2.75, 3.05) is 20.3 Å². The zero-order chi connectivity index (χ0) is 12.5. The highest BCUT2D eigenvalue weighted by Gasteiger charge is 2.05. The topological polar surface area (TPSA) is 30.5 Å². The van der Waals surface area contributed by atoms with E-state index in [1.54, 1.807) is 7.11 Å². The molecule has 1 atom stereocenters. The lowest BCUT2D eigenvalue weighted by atomic mass is 10.2. The zero-order valence-corrected chi connectivity index (χ0v) is 10.4. The molecule has 0 aliphatic carbocycles. The van der Waals surface area contributed by atoms with E-state index >= 15 is 0 Å². The first kappa shape index (κ1) is 13.6. The fourth-order valence-corrected chi connectivity index (χ4v) is 1.50. The average Bonchev–Trinajstić information content (AvgIpc) is 2.35. The van der Waals surface area contributed by atoms with Gasteiger partial charge < -0.3 is 14.8 Å². The van der Waals surface area contributed by atoms with Crippen molar-refractivity contribution >= 4 is 0 Å². The van der Waals surface area contributed by atoms with Crippen LogP contribution < -0.4 is 10.1 Å². The molecule has 0 bridgehead atoms. The third kappa shape index (κ3) is 4.90. The van der Waals surface area contributed by atoms with Crippen LogP contribution in [0.25, 0.3) is 0 Å². The van der Waals surface area contributed by atoms with Crippen LogP contribution in [0.5, 0.6) is 5.75 Å². The summed E-state index contributed by atoms with van der Waals surface area (Å²) in [5.41, 5.74) is 1.10. The molecule has 92 valence electrons. The van der Waals surface area contributed by atoms with Crippen LogP contribution in [0.15, 0.2) is 24.3 Å². The Morgan fingerprint density at radius 3 is 2.88 bits per heavy atom. The summed E-state index contributed by atoms with van der Waals surface area (Å²) in [4.78, 5) is 0. The van der Waals surface area contributed by atoms with Crippen molar-refractivity contribution in [3.8, 4) is 18.1 Å². The van der Waals surface area contributed by atoms with E-state index in [9.17, 15) is 0 Å². The van der Waals surface area contributed by atoms with Crippen LogP contribution in [-0.4, -0.2) is 26.4 Å². The highest BCUT2D eigenvalue weighted by molar-refractivity contribution is 5.33. The molecule has 17 heavy (non-hydrogen) atoms. The Balaban J connectivity index is 2.54. The molecule has 1 aromatic rings. The number of terminal acetylenes is 1. The van der Waals surface area contributed by atoms with Crippen LogP contribution in [0.4, 0.5) is 0 Å². The maximum atomic E-state index is 5.47. The molecule has 0 spiro atoms. The Morgan fingerprint density at radius 2 is 2.18 bits per heavy atom. The number of benzene rings is 1. The van der Waals surface area contributed by atoms with E-state index in [2.05, 4.69) is 18.2 Å². The molecule has 1 rings (SSSR count). The van der Waals surface area contributed by atoms with Crippen molar-refractivity contribution in [2.24, 2.45) is 0 Å². The van der Waals surface area contributed by atoms with Crippen molar-refractivity contribution in [3.05, 3.63) is 29.8 Å². The molecule has 0 saturated carbocycles. The molecule has 0 saturated heterocycles. The van der Waals surface area contributed by atoms with Crippen molar-refractivity contribution in [1.29, 1.82) is 0 Å². The molecule has 1 unspecified atom stereocenters. The normalized spacial score (nSPS) is 11.8. The first-order valence-electron chi connectivity index (χ1n) is 5.64. The van der Waals surface area contributed by atoms with E-state index in [0.717, 1.165) is 17.9 Å². The van der Waals surface area contributed by atoms with E-state index in [4.69, 9.17) is 15.9 Å². The van der Waals surface area contributed by atoms with Crippen LogP contribution in [0.2, 0.25) is 0 Å². The molecular formula is C14H19NO2. The van der Waals surface area contributed by atoms with Gasteiger partial charge in [0.1, 0.15) is 12.4 Å². The molecule has 3 heteroatoms. The van der Waals surface area contributed by atoms with E-state index in [1.807, 2.05) is 24.3 Å². The number of para-hydroxylation sites is 1. The molecule has 0 amide bonds. The van der Waals surface area contributed by atoms with Crippen molar-refractivity contribution in [3.63, 3.8) is 0 Å². The van der Waals surface area contributed by atoms with Gasteiger partial charge in [0.15, 0.2) is 0 Å². The van der Waals surface area contributed by atoms with Crippen LogP contribution in [0.1, 0.15) is 12.5 Å². The predicted molar refractivity (Wildman–Crippen MR) is 68.9 cm³/mol. The number of nitrogens with one attached hydrogen (secondary N) is 1. The quantitative estimate of drug-likeness (QED) is 0.729. The highest BCUT2D eigenvalue weighted by Crippen LogP contribution is 2.17. The van der Waals surface area contributed by atoms with Gasteiger partial charge in [-0.3, -0.25) is 0 Å². The van der Waals surface area contributed by atoms with Crippen LogP contribution in [0, 0.1) is 12.3 Å². The molecule has 0 aliphatic rings.